The van der Waals surface area contributed by atoms with Crippen LogP contribution in [0.5, 0.6) is 0 Å². The zero-order chi connectivity index (χ0) is 27.0. The molecule has 1 saturated heterocycles. The number of thiazole rings is 1. The lowest BCUT2D eigenvalue weighted by Gasteiger charge is -2.35. The van der Waals surface area contributed by atoms with Gasteiger partial charge >= 0.3 is 6.09 Å². The number of aryl methyl sites for hydroxylation is 1. The SMILES string of the molecule is C=S(C)(=O)c1nc(C)c(-c2nc(-c3ccc(F)cc3)cs2)c(N[C@@H]2CCCN(C(=O)OC(C)(C)C)C2)n1. The van der Waals surface area contributed by atoms with Gasteiger partial charge in [-0.15, -0.1) is 11.3 Å². The first kappa shape index (κ1) is 27.0. The molecule has 11 heteroatoms. The Balaban J connectivity index is 1.67. The number of aromatic nitrogens is 3. The molecule has 3 aromatic rings. The van der Waals surface area contributed by atoms with E-state index in [1.54, 1.807) is 17.0 Å². The molecule has 3 heterocycles. The van der Waals surface area contributed by atoms with Crippen molar-refractivity contribution in [1.29, 1.82) is 0 Å². The summed E-state index contributed by atoms with van der Waals surface area (Å²) < 4.78 is 31.7. The molecule has 1 unspecified atom stereocenters. The highest BCUT2D eigenvalue weighted by atomic mass is 32.2. The Morgan fingerprint density at radius 1 is 1.24 bits per heavy atom. The summed E-state index contributed by atoms with van der Waals surface area (Å²) in [6, 6.07) is 6.06. The summed E-state index contributed by atoms with van der Waals surface area (Å²) in [5.74, 6) is 3.94. The number of likely N-dealkylation sites (tertiary alicyclic amines) is 1. The van der Waals surface area contributed by atoms with Crippen LogP contribution in [0.3, 0.4) is 0 Å². The molecule has 0 aliphatic carbocycles. The Morgan fingerprint density at radius 3 is 2.59 bits per heavy atom. The maximum absolute atomic E-state index is 13.4. The molecule has 1 aliphatic heterocycles. The quantitative estimate of drug-likeness (QED) is 0.346. The van der Waals surface area contributed by atoms with E-state index >= 15 is 0 Å². The molecule has 1 amide bonds. The second-order valence-corrected chi connectivity index (χ2v) is 13.5. The predicted molar refractivity (Wildman–Crippen MR) is 147 cm³/mol. The number of carbonyl (C=O) groups is 1. The summed E-state index contributed by atoms with van der Waals surface area (Å²) in [6.07, 6.45) is 2.78. The number of benzene rings is 1. The summed E-state index contributed by atoms with van der Waals surface area (Å²) in [4.78, 5) is 28.3. The third-order valence-electron chi connectivity index (χ3n) is 5.73. The Hall–Kier alpha value is -3.05. The maximum Gasteiger partial charge on any atom is 0.410 e. The molecule has 0 spiro atoms. The van der Waals surface area contributed by atoms with Gasteiger partial charge in [0.25, 0.3) is 0 Å². The summed E-state index contributed by atoms with van der Waals surface area (Å²) in [7, 11) is -2.67. The second-order valence-electron chi connectivity index (χ2n) is 10.3. The average molecular weight is 546 g/mol. The van der Waals surface area contributed by atoms with Crippen LogP contribution in [0.2, 0.25) is 0 Å². The molecule has 1 aliphatic rings. The normalized spacial score (nSPS) is 17.8. The van der Waals surface area contributed by atoms with E-state index in [4.69, 9.17) is 9.72 Å². The Morgan fingerprint density at radius 2 is 1.95 bits per heavy atom. The fourth-order valence-electron chi connectivity index (χ4n) is 4.02. The lowest BCUT2D eigenvalue weighted by Crippen LogP contribution is -2.47. The third-order valence-corrected chi connectivity index (χ3v) is 7.54. The fourth-order valence-corrected chi connectivity index (χ4v) is 5.56. The molecule has 8 nitrogen and oxygen atoms in total. The molecule has 1 N–H and O–H groups in total. The van der Waals surface area contributed by atoms with Crippen molar-refractivity contribution in [2.24, 2.45) is 0 Å². The van der Waals surface area contributed by atoms with Crippen LogP contribution < -0.4 is 5.32 Å². The molecule has 1 fully saturated rings. The van der Waals surface area contributed by atoms with Gasteiger partial charge < -0.3 is 15.0 Å². The standard InChI is InChI=1S/C26H32FN5O3S2/c1-16-21(23-30-20(15-36-23)17-9-11-18(27)12-10-17)22(31-24(28-16)37(5,6)34)29-19-8-7-13-32(14-19)25(33)35-26(2,3)4/h9-12,15,19H,5,7-8,13-14H2,1-4,6H3,(H,28,29,31)/t19-,37?/m1/s1. The van der Waals surface area contributed by atoms with Gasteiger partial charge in [0.05, 0.1) is 17.0 Å². The molecule has 2 atom stereocenters. The Bertz CT molecular complexity index is 1400. The van der Waals surface area contributed by atoms with Gasteiger partial charge in [-0.05, 0) is 70.7 Å². The van der Waals surface area contributed by atoms with Crippen LogP contribution in [0.15, 0.2) is 34.8 Å². The minimum atomic E-state index is -2.67. The minimum Gasteiger partial charge on any atom is -0.444 e. The van der Waals surface area contributed by atoms with Crippen LogP contribution >= 0.6 is 11.3 Å². The van der Waals surface area contributed by atoms with Gasteiger partial charge in [-0.2, -0.15) is 0 Å². The second kappa shape index (κ2) is 10.4. The number of nitrogens with one attached hydrogen (secondary N) is 1. The van der Waals surface area contributed by atoms with E-state index in [2.05, 4.69) is 21.2 Å². The highest BCUT2D eigenvalue weighted by Gasteiger charge is 2.29. The maximum atomic E-state index is 13.4. The van der Waals surface area contributed by atoms with E-state index in [1.165, 1.54) is 29.7 Å². The number of amides is 1. The van der Waals surface area contributed by atoms with E-state index in [1.807, 2.05) is 33.1 Å². The molecule has 37 heavy (non-hydrogen) atoms. The van der Waals surface area contributed by atoms with Gasteiger partial charge in [-0.1, -0.05) is 0 Å². The number of carbonyl (C=O) groups excluding carboxylic acids is 1. The first-order chi connectivity index (χ1) is 17.3. The van der Waals surface area contributed by atoms with Crippen LogP contribution in [-0.4, -0.2) is 67.0 Å². The van der Waals surface area contributed by atoms with Gasteiger partial charge in [0.1, 0.15) is 22.2 Å². The van der Waals surface area contributed by atoms with Crippen molar-refractivity contribution in [1.82, 2.24) is 19.9 Å². The van der Waals surface area contributed by atoms with Crippen LogP contribution in [-0.2, 0) is 14.3 Å². The molecule has 4 rings (SSSR count). The lowest BCUT2D eigenvalue weighted by molar-refractivity contribution is 0.0206. The van der Waals surface area contributed by atoms with Crippen molar-refractivity contribution in [2.75, 3.05) is 24.7 Å². The van der Waals surface area contributed by atoms with Crippen molar-refractivity contribution in [3.63, 3.8) is 0 Å². The van der Waals surface area contributed by atoms with Gasteiger partial charge in [0.15, 0.2) is 0 Å². The van der Waals surface area contributed by atoms with Gasteiger partial charge in [0.2, 0.25) is 5.16 Å². The first-order valence-electron chi connectivity index (χ1n) is 12.0. The first-order valence-corrected chi connectivity index (χ1v) is 15.0. The summed E-state index contributed by atoms with van der Waals surface area (Å²) in [5, 5.41) is 6.20. The van der Waals surface area contributed by atoms with Crippen molar-refractivity contribution < 1.29 is 18.1 Å². The fraction of sp³-hybridized carbons (Fsp3) is 0.423. The molecular weight excluding hydrogens is 513 g/mol. The topological polar surface area (TPSA) is 97.3 Å². The molecule has 0 radical (unpaired) electrons. The molecular formula is C26H32FN5O3S2. The molecule has 0 bridgehead atoms. The number of rotatable bonds is 5. The lowest BCUT2D eigenvalue weighted by atomic mass is 10.1. The van der Waals surface area contributed by atoms with Crippen LogP contribution in [0.25, 0.3) is 21.8 Å². The summed E-state index contributed by atoms with van der Waals surface area (Å²) in [6.45, 7) is 8.41. The summed E-state index contributed by atoms with van der Waals surface area (Å²) in [5.41, 5.74) is 2.24. The van der Waals surface area contributed by atoms with Crippen LogP contribution in [0.4, 0.5) is 15.0 Å². The Labute approximate surface area is 221 Å². The van der Waals surface area contributed by atoms with E-state index in [-0.39, 0.29) is 23.1 Å². The monoisotopic (exact) mass is 545 g/mol. The van der Waals surface area contributed by atoms with E-state index < -0.39 is 15.1 Å². The van der Waals surface area contributed by atoms with Crippen LogP contribution in [0.1, 0.15) is 39.3 Å². The molecule has 198 valence electrons. The highest BCUT2D eigenvalue weighted by molar-refractivity contribution is 7.99. The number of hydrogen-bond acceptors (Lipinski definition) is 8. The van der Waals surface area contributed by atoms with Crippen LogP contribution in [0, 0.1) is 12.7 Å². The Kier molecular flexibility index (Phi) is 7.57. The average Bonchev–Trinajstić information content (AvgIpc) is 3.27. The summed E-state index contributed by atoms with van der Waals surface area (Å²) >= 11 is 1.42. The molecule has 2 aromatic heterocycles. The number of ether oxygens (including phenoxy) is 1. The number of halogens is 1. The van der Waals surface area contributed by atoms with Crippen molar-refractivity contribution in [3.05, 3.63) is 41.2 Å². The minimum absolute atomic E-state index is 0.101. The third kappa shape index (κ3) is 6.64. The van der Waals surface area contributed by atoms with Gasteiger partial charge in [-0.3, -0.25) is 4.21 Å². The van der Waals surface area contributed by atoms with Crippen molar-refractivity contribution in [3.8, 4) is 21.8 Å². The molecule has 1 aromatic carbocycles. The van der Waals surface area contributed by atoms with E-state index in [0.29, 0.717) is 40.9 Å². The van der Waals surface area contributed by atoms with Crippen molar-refractivity contribution >= 4 is 38.6 Å². The predicted octanol–water partition coefficient (Wildman–Crippen LogP) is 5.23. The van der Waals surface area contributed by atoms with Gasteiger partial charge in [-0.25, -0.2) is 24.1 Å². The number of hydrogen-bond donors (Lipinski definition) is 1. The van der Waals surface area contributed by atoms with E-state index in [0.717, 1.165) is 18.4 Å². The zero-order valence-electron chi connectivity index (χ0n) is 21.7. The van der Waals surface area contributed by atoms with Crippen molar-refractivity contribution in [2.45, 2.75) is 57.3 Å². The number of piperidine rings is 1. The largest absolute Gasteiger partial charge is 0.444 e. The van der Waals surface area contributed by atoms with E-state index in [9.17, 15) is 13.4 Å². The number of nitrogens with zero attached hydrogens (tertiary/aromatic N) is 4. The van der Waals surface area contributed by atoms with Gasteiger partial charge in [0, 0.05) is 45.9 Å². The zero-order valence-corrected chi connectivity index (χ0v) is 23.3. The number of anilines is 1. The smallest absolute Gasteiger partial charge is 0.410 e. The highest BCUT2D eigenvalue weighted by Crippen LogP contribution is 2.36. The molecule has 0 saturated carbocycles.